The van der Waals surface area contributed by atoms with Gasteiger partial charge in [-0.1, -0.05) is 13.8 Å². The van der Waals surface area contributed by atoms with E-state index in [0.29, 0.717) is 6.04 Å². The number of nitrogens with zero attached hydrogens (tertiary/aromatic N) is 1. The summed E-state index contributed by atoms with van der Waals surface area (Å²) in [4.78, 5) is 2.29. The van der Waals surface area contributed by atoms with E-state index >= 15 is 0 Å². The molecule has 68 valence electrons. The maximum Gasteiger partial charge on any atom is 0.0113 e. The Labute approximate surface area is 70.8 Å². The minimum Gasteiger partial charge on any atom is -0.330 e. The van der Waals surface area contributed by atoms with Gasteiger partial charge in [-0.25, -0.2) is 0 Å². The Morgan fingerprint density at radius 3 is 2.18 bits per heavy atom. The number of nitrogens with two attached hydrogens (primary N) is 1. The quantitative estimate of drug-likeness (QED) is 0.653. The van der Waals surface area contributed by atoms with E-state index in [0.717, 1.165) is 18.9 Å². The van der Waals surface area contributed by atoms with Crippen LogP contribution in [0.1, 0.15) is 26.7 Å². The van der Waals surface area contributed by atoms with Crippen molar-refractivity contribution in [2.24, 2.45) is 11.7 Å². The first-order valence-corrected chi connectivity index (χ1v) is 4.50. The van der Waals surface area contributed by atoms with E-state index in [9.17, 15) is 0 Å². The van der Waals surface area contributed by atoms with E-state index in [1.807, 2.05) is 0 Å². The predicted molar refractivity (Wildman–Crippen MR) is 50.6 cm³/mol. The topological polar surface area (TPSA) is 29.3 Å². The third kappa shape index (κ3) is 3.73. The van der Waals surface area contributed by atoms with E-state index in [4.69, 9.17) is 5.73 Å². The zero-order chi connectivity index (χ0) is 8.85. The molecule has 2 unspecified atom stereocenters. The molecular weight excluding hydrogens is 136 g/mol. The average Bonchev–Trinajstić information content (AvgIpc) is 1.88. The Morgan fingerprint density at radius 2 is 1.91 bits per heavy atom. The van der Waals surface area contributed by atoms with Crippen molar-refractivity contribution in [3.63, 3.8) is 0 Å². The average molecular weight is 158 g/mol. The van der Waals surface area contributed by atoms with Crippen molar-refractivity contribution < 1.29 is 0 Å². The number of hydrogen-bond acceptors (Lipinski definition) is 2. The van der Waals surface area contributed by atoms with Gasteiger partial charge < -0.3 is 10.6 Å². The number of hydrogen-bond donors (Lipinski definition) is 1. The minimum atomic E-state index is 0.693. The van der Waals surface area contributed by atoms with Crippen molar-refractivity contribution in [3.8, 4) is 0 Å². The van der Waals surface area contributed by atoms with Gasteiger partial charge in [0, 0.05) is 6.04 Å². The van der Waals surface area contributed by atoms with E-state index in [1.54, 1.807) is 0 Å². The van der Waals surface area contributed by atoms with E-state index in [1.165, 1.54) is 6.42 Å². The van der Waals surface area contributed by atoms with Crippen molar-refractivity contribution >= 4 is 0 Å². The molecular formula is C9H22N2. The molecule has 2 N–H and O–H groups in total. The first-order chi connectivity index (χ1) is 5.13. The monoisotopic (exact) mass is 158 g/mol. The lowest BCUT2D eigenvalue weighted by atomic mass is 9.95. The van der Waals surface area contributed by atoms with Crippen molar-refractivity contribution in [2.45, 2.75) is 32.7 Å². The first-order valence-electron chi connectivity index (χ1n) is 4.50. The van der Waals surface area contributed by atoms with Crippen LogP contribution in [0.25, 0.3) is 0 Å². The molecule has 0 amide bonds. The van der Waals surface area contributed by atoms with Crippen molar-refractivity contribution in [1.29, 1.82) is 0 Å². The summed E-state index contributed by atoms with van der Waals surface area (Å²) < 4.78 is 0. The van der Waals surface area contributed by atoms with E-state index in [-0.39, 0.29) is 0 Å². The van der Waals surface area contributed by atoms with Gasteiger partial charge in [0.15, 0.2) is 0 Å². The fourth-order valence-corrected chi connectivity index (χ4v) is 1.73. The Hall–Kier alpha value is -0.0800. The Bertz CT molecular complexity index is 91.6. The van der Waals surface area contributed by atoms with Crippen molar-refractivity contribution in [2.75, 3.05) is 20.6 Å². The van der Waals surface area contributed by atoms with E-state index < -0.39 is 0 Å². The lowest BCUT2D eigenvalue weighted by molar-refractivity contribution is 0.208. The molecule has 2 atom stereocenters. The Kier molecular flexibility index (Phi) is 5.51. The van der Waals surface area contributed by atoms with Gasteiger partial charge in [-0.2, -0.15) is 0 Å². The van der Waals surface area contributed by atoms with Gasteiger partial charge >= 0.3 is 0 Å². The van der Waals surface area contributed by atoms with Crippen molar-refractivity contribution in [3.05, 3.63) is 0 Å². The van der Waals surface area contributed by atoms with Crippen LogP contribution in [0.3, 0.4) is 0 Å². The molecule has 0 aliphatic carbocycles. The Morgan fingerprint density at radius 1 is 1.36 bits per heavy atom. The summed E-state index contributed by atoms with van der Waals surface area (Å²) in [6, 6.07) is 0.693. The van der Waals surface area contributed by atoms with Gasteiger partial charge in [0.25, 0.3) is 0 Å². The molecule has 2 heteroatoms. The lowest BCUT2D eigenvalue weighted by Crippen LogP contribution is -2.34. The van der Waals surface area contributed by atoms with Crippen LogP contribution >= 0.6 is 0 Å². The second-order valence-corrected chi connectivity index (χ2v) is 3.49. The molecule has 0 heterocycles. The zero-order valence-electron chi connectivity index (χ0n) is 8.30. The predicted octanol–water partition coefficient (Wildman–Crippen LogP) is 1.31. The third-order valence-electron chi connectivity index (χ3n) is 2.36. The molecule has 0 spiro atoms. The molecule has 0 bridgehead atoms. The van der Waals surface area contributed by atoms with Crippen LogP contribution in [-0.2, 0) is 0 Å². The van der Waals surface area contributed by atoms with Crippen LogP contribution in [0.2, 0.25) is 0 Å². The summed E-state index contributed by atoms with van der Waals surface area (Å²) in [5.41, 5.74) is 5.50. The number of rotatable bonds is 5. The van der Waals surface area contributed by atoms with Gasteiger partial charge in [-0.05, 0) is 39.4 Å². The lowest BCUT2D eigenvalue weighted by Gasteiger charge is -2.28. The highest BCUT2D eigenvalue weighted by Crippen LogP contribution is 2.14. The normalized spacial score (nSPS) is 16.9. The van der Waals surface area contributed by atoms with Crippen LogP contribution in [0.5, 0.6) is 0 Å². The third-order valence-corrected chi connectivity index (χ3v) is 2.36. The standard InChI is InChI=1S/C9H22N2/c1-5-9(11(3)4)8(2)6-7-10/h8-9H,5-7,10H2,1-4H3. The molecule has 0 aromatic heterocycles. The fourth-order valence-electron chi connectivity index (χ4n) is 1.73. The summed E-state index contributed by atoms with van der Waals surface area (Å²) in [7, 11) is 4.28. The van der Waals surface area contributed by atoms with Crippen LogP contribution in [0.4, 0.5) is 0 Å². The van der Waals surface area contributed by atoms with E-state index in [2.05, 4.69) is 32.8 Å². The summed E-state index contributed by atoms with van der Waals surface area (Å²) in [6.07, 6.45) is 2.35. The molecule has 0 saturated carbocycles. The smallest absolute Gasteiger partial charge is 0.0113 e. The molecule has 0 saturated heterocycles. The highest BCUT2D eigenvalue weighted by atomic mass is 15.1. The minimum absolute atomic E-state index is 0.693. The molecule has 2 nitrogen and oxygen atoms in total. The summed E-state index contributed by atoms with van der Waals surface area (Å²) in [5, 5.41) is 0. The van der Waals surface area contributed by atoms with Crippen LogP contribution in [0, 0.1) is 5.92 Å². The molecule has 0 radical (unpaired) electrons. The molecule has 11 heavy (non-hydrogen) atoms. The SMILES string of the molecule is CCC(C(C)CCN)N(C)C. The summed E-state index contributed by atoms with van der Waals surface area (Å²) >= 11 is 0. The molecule has 0 rings (SSSR count). The highest BCUT2D eigenvalue weighted by molar-refractivity contribution is 4.71. The Balaban J connectivity index is 3.81. The second kappa shape index (κ2) is 5.56. The highest BCUT2D eigenvalue weighted by Gasteiger charge is 2.15. The van der Waals surface area contributed by atoms with Crippen LogP contribution in [-0.4, -0.2) is 31.6 Å². The molecule has 0 aromatic rings. The van der Waals surface area contributed by atoms with Gasteiger partial charge in [-0.15, -0.1) is 0 Å². The fraction of sp³-hybridized carbons (Fsp3) is 1.00. The summed E-state index contributed by atoms with van der Waals surface area (Å²) in [5.74, 6) is 0.722. The van der Waals surface area contributed by atoms with Gasteiger partial charge in [0.05, 0.1) is 0 Å². The first kappa shape index (κ1) is 10.9. The molecule has 0 fully saturated rings. The van der Waals surface area contributed by atoms with Gasteiger partial charge in [-0.3, -0.25) is 0 Å². The summed E-state index contributed by atoms with van der Waals surface area (Å²) in [6.45, 7) is 5.32. The largest absolute Gasteiger partial charge is 0.330 e. The molecule has 0 aliphatic heterocycles. The second-order valence-electron chi connectivity index (χ2n) is 3.49. The molecule has 0 aliphatic rings. The zero-order valence-corrected chi connectivity index (χ0v) is 8.30. The molecule has 0 aromatic carbocycles. The maximum atomic E-state index is 5.50. The van der Waals surface area contributed by atoms with Gasteiger partial charge in [0.1, 0.15) is 0 Å². The maximum absolute atomic E-state index is 5.50. The van der Waals surface area contributed by atoms with Crippen LogP contribution < -0.4 is 5.73 Å². The van der Waals surface area contributed by atoms with Crippen molar-refractivity contribution in [1.82, 2.24) is 4.90 Å². The van der Waals surface area contributed by atoms with Crippen LogP contribution in [0.15, 0.2) is 0 Å². The van der Waals surface area contributed by atoms with Gasteiger partial charge in [0.2, 0.25) is 0 Å².